The number of rotatable bonds is 5. The predicted molar refractivity (Wildman–Crippen MR) is 101 cm³/mol. The van der Waals surface area contributed by atoms with Crippen LogP contribution in [0.3, 0.4) is 0 Å². The highest BCUT2D eigenvalue weighted by atomic mass is 16.5. The van der Waals surface area contributed by atoms with Gasteiger partial charge in [0.15, 0.2) is 11.4 Å². The van der Waals surface area contributed by atoms with Crippen LogP contribution in [0.25, 0.3) is 22.1 Å². The summed E-state index contributed by atoms with van der Waals surface area (Å²) in [6, 6.07) is 5.70. The third-order valence-corrected chi connectivity index (χ3v) is 4.70. The number of piperazine rings is 1. The molecule has 1 aliphatic rings. The molecule has 1 saturated heterocycles. The Kier molecular flexibility index (Phi) is 4.52. The lowest BCUT2D eigenvalue weighted by atomic mass is 10.2. The Morgan fingerprint density at radius 3 is 2.77 bits per heavy atom. The van der Waals surface area contributed by atoms with E-state index in [1.54, 1.807) is 7.11 Å². The van der Waals surface area contributed by atoms with Gasteiger partial charge in [0.1, 0.15) is 16.8 Å². The normalized spacial score (nSPS) is 15.7. The zero-order valence-corrected chi connectivity index (χ0v) is 15.0. The third kappa shape index (κ3) is 3.02. The molecule has 8 heteroatoms. The molecule has 2 aromatic heterocycles. The molecule has 4 rings (SSSR count). The first-order valence-electron chi connectivity index (χ1n) is 8.76. The fraction of sp³-hybridized carbons (Fsp3) is 0.444. The van der Waals surface area contributed by atoms with Crippen LogP contribution in [-0.2, 0) is 0 Å². The van der Waals surface area contributed by atoms with Crippen molar-refractivity contribution >= 4 is 33.8 Å². The molecule has 0 unspecified atom stereocenters. The van der Waals surface area contributed by atoms with Crippen molar-refractivity contribution in [3.05, 3.63) is 18.2 Å². The Balaban J connectivity index is 1.87. The van der Waals surface area contributed by atoms with Crippen molar-refractivity contribution in [2.45, 2.75) is 0 Å². The maximum atomic E-state index is 9.12. The average molecular weight is 357 g/mol. The van der Waals surface area contributed by atoms with Gasteiger partial charge in [-0.25, -0.2) is 4.98 Å². The molecule has 1 aliphatic heterocycles. The summed E-state index contributed by atoms with van der Waals surface area (Å²) in [7, 11) is 3.76. The van der Waals surface area contributed by atoms with Crippen molar-refractivity contribution in [2.24, 2.45) is 0 Å². The van der Waals surface area contributed by atoms with Crippen molar-refractivity contribution in [2.75, 3.05) is 63.7 Å². The molecule has 0 spiro atoms. The first-order chi connectivity index (χ1) is 12.7. The van der Waals surface area contributed by atoms with Crippen LogP contribution in [0.1, 0.15) is 0 Å². The molecule has 8 nitrogen and oxygen atoms in total. The van der Waals surface area contributed by atoms with Crippen LogP contribution in [0.15, 0.2) is 22.6 Å². The number of nitrogens with one attached hydrogen (secondary N) is 1. The van der Waals surface area contributed by atoms with Gasteiger partial charge in [0.2, 0.25) is 5.95 Å². The number of ether oxygens (including phenoxy) is 1. The molecule has 3 aromatic rings. The van der Waals surface area contributed by atoms with E-state index >= 15 is 0 Å². The molecule has 3 heterocycles. The Bertz CT molecular complexity index is 918. The highest BCUT2D eigenvalue weighted by Crippen LogP contribution is 2.35. The summed E-state index contributed by atoms with van der Waals surface area (Å²) in [5, 5.41) is 13.1. The first-order valence-corrected chi connectivity index (χ1v) is 8.76. The minimum atomic E-state index is 0.0190. The minimum Gasteiger partial charge on any atom is -0.497 e. The minimum absolute atomic E-state index is 0.0190. The number of aliphatic hydroxyl groups is 1. The van der Waals surface area contributed by atoms with E-state index in [1.165, 1.54) is 0 Å². The molecule has 0 aliphatic carbocycles. The van der Waals surface area contributed by atoms with Gasteiger partial charge in [-0.3, -0.25) is 0 Å². The van der Waals surface area contributed by atoms with Crippen molar-refractivity contribution in [1.29, 1.82) is 0 Å². The summed E-state index contributed by atoms with van der Waals surface area (Å²) in [4.78, 5) is 13.8. The standard InChI is InChI=1S/C18H23N5O3/c1-22-6-8-23(9-7-22)17-16-15(20-18(21-17)19-5-10-24)13-11-12(25-2)3-4-14(13)26-16/h3-4,11,24H,5-10H2,1-2H3,(H,19,20,21). The van der Waals surface area contributed by atoms with Crippen LogP contribution in [0.5, 0.6) is 5.75 Å². The number of hydrogen-bond acceptors (Lipinski definition) is 8. The van der Waals surface area contributed by atoms with Gasteiger partial charge >= 0.3 is 0 Å². The quantitative estimate of drug-likeness (QED) is 0.711. The van der Waals surface area contributed by atoms with Crippen molar-refractivity contribution in [1.82, 2.24) is 14.9 Å². The van der Waals surface area contributed by atoms with E-state index in [1.807, 2.05) is 18.2 Å². The number of aromatic nitrogens is 2. The van der Waals surface area contributed by atoms with Crippen LogP contribution in [0.2, 0.25) is 0 Å². The van der Waals surface area contributed by atoms with E-state index in [-0.39, 0.29) is 6.61 Å². The molecule has 0 saturated carbocycles. The second-order valence-electron chi connectivity index (χ2n) is 6.45. The lowest BCUT2D eigenvalue weighted by Crippen LogP contribution is -2.45. The van der Waals surface area contributed by atoms with Crippen LogP contribution >= 0.6 is 0 Å². The molecule has 1 aromatic carbocycles. The molecule has 0 radical (unpaired) electrons. The van der Waals surface area contributed by atoms with Crippen LogP contribution < -0.4 is 15.0 Å². The molecule has 0 atom stereocenters. The molecule has 26 heavy (non-hydrogen) atoms. The Morgan fingerprint density at radius 1 is 1.23 bits per heavy atom. The molecule has 0 amide bonds. The fourth-order valence-electron chi connectivity index (χ4n) is 3.21. The van der Waals surface area contributed by atoms with Crippen LogP contribution in [0, 0.1) is 0 Å². The fourth-order valence-corrected chi connectivity index (χ4v) is 3.21. The number of furan rings is 1. The van der Waals surface area contributed by atoms with E-state index in [0.29, 0.717) is 18.1 Å². The van der Waals surface area contributed by atoms with Gasteiger partial charge < -0.3 is 29.4 Å². The van der Waals surface area contributed by atoms with Crippen LogP contribution in [-0.4, -0.2) is 73.5 Å². The third-order valence-electron chi connectivity index (χ3n) is 4.70. The first kappa shape index (κ1) is 16.9. The van der Waals surface area contributed by atoms with E-state index in [4.69, 9.17) is 14.3 Å². The molecular formula is C18H23N5O3. The number of benzene rings is 1. The van der Waals surface area contributed by atoms with Gasteiger partial charge in [-0.05, 0) is 25.2 Å². The topological polar surface area (TPSA) is 86.9 Å². The average Bonchev–Trinajstić information content (AvgIpc) is 3.04. The van der Waals surface area contributed by atoms with E-state index < -0.39 is 0 Å². The van der Waals surface area contributed by atoms with E-state index in [0.717, 1.165) is 54.2 Å². The predicted octanol–water partition coefficient (Wildman–Crippen LogP) is 1.54. The second kappa shape index (κ2) is 6.97. The number of methoxy groups -OCH3 is 1. The molecule has 0 bridgehead atoms. The summed E-state index contributed by atoms with van der Waals surface area (Å²) in [6.45, 7) is 4.11. The summed E-state index contributed by atoms with van der Waals surface area (Å²) in [6.07, 6.45) is 0. The smallest absolute Gasteiger partial charge is 0.225 e. The molecular weight excluding hydrogens is 334 g/mol. The Labute approximate surface area is 151 Å². The summed E-state index contributed by atoms with van der Waals surface area (Å²) < 4.78 is 11.5. The number of nitrogens with zero attached hydrogens (tertiary/aromatic N) is 4. The zero-order valence-electron chi connectivity index (χ0n) is 15.0. The van der Waals surface area contributed by atoms with Gasteiger partial charge in [-0.1, -0.05) is 0 Å². The molecule has 138 valence electrons. The lowest BCUT2D eigenvalue weighted by molar-refractivity contribution is 0.310. The largest absolute Gasteiger partial charge is 0.497 e. The lowest BCUT2D eigenvalue weighted by Gasteiger charge is -2.33. The highest BCUT2D eigenvalue weighted by molar-refractivity contribution is 6.06. The maximum absolute atomic E-state index is 9.12. The Morgan fingerprint density at radius 2 is 2.04 bits per heavy atom. The van der Waals surface area contributed by atoms with Crippen molar-refractivity contribution in [3.8, 4) is 5.75 Å². The summed E-state index contributed by atoms with van der Waals surface area (Å²) in [5.41, 5.74) is 2.19. The number of aliphatic hydroxyl groups excluding tert-OH is 1. The van der Waals surface area contributed by atoms with Crippen LogP contribution in [0.4, 0.5) is 11.8 Å². The zero-order chi connectivity index (χ0) is 18.1. The van der Waals surface area contributed by atoms with Crippen molar-refractivity contribution in [3.63, 3.8) is 0 Å². The van der Waals surface area contributed by atoms with E-state index in [9.17, 15) is 0 Å². The number of likely N-dealkylation sites (N-methyl/N-ethyl adjacent to an activating group) is 1. The van der Waals surface area contributed by atoms with Gasteiger partial charge in [-0.2, -0.15) is 4.98 Å². The summed E-state index contributed by atoms with van der Waals surface area (Å²) >= 11 is 0. The van der Waals surface area contributed by atoms with Gasteiger partial charge in [-0.15, -0.1) is 0 Å². The monoisotopic (exact) mass is 357 g/mol. The number of hydrogen-bond donors (Lipinski definition) is 2. The molecule has 2 N–H and O–H groups in total. The Hall–Kier alpha value is -2.58. The highest BCUT2D eigenvalue weighted by Gasteiger charge is 2.23. The van der Waals surface area contributed by atoms with Crippen molar-refractivity contribution < 1.29 is 14.3 Å². The maximum Gasteiger partial charge on any atom is 0.225 e. The van der Waals surface area contributed by atoms with E-state index in [2.05, 4.69) is 32.1 Å². The van der Waals surface area contributed by atoms with Gasteiger partial charge in [0.25, 0.3) is 0 Å². The summed E-state index contributed by atoms with van der Waals surface area (Å²) in [5.74, 6) is 2.04. The second-order valence-corrected chi connectivity index (χ2v) is 6.45. The molecule has 1 fully saturated rings. The van der Waals surface area contributed by atoms with Gasteiger partial charge in [0, 0.05) is 32.7 Å². The number of fused-ring (bicyclic) bond motifs is 3. The number of anilines is 2. The SMILES string of the molecule is COc1ccc2oc3c(N4CCN(C)CC4)nc(NCCO)nc3c2c1. The van der Waals surface area contributed by atoms with Gasteiger partial charge in [0.05, 0.1) is 19.1 Å².